The predicted octanol–water partition coefficient (Wildman–Crippen LogP) is 9.62. The number of nitrogens with zero attached hydrogens (tertiary/aromatic N) is 1. The van der Waals surface area contributed by atoms with Crippen LogP contribution in [0.4, 0.5) is 13.2 Å². The van der Waals surface area contributed by atoms with Crippen LogP contribution in [-0.4, -0.2) is 21.5 Å². The topological polar surface area (TPSA) is 53.4 Å². The van der Waals surface area contributed by atoms with E-state index >= 15 is 0 Å². The number of aromatic nitrogens is 1. The van der Waals surface area contributed by atoms with E-state index in [9.17, 15) is 23.4 Å². The van der Waals surface area contributed by atoms with Gasteiger partial charge in [0.25, 0.3) is 0 Å². The number of alkyl halides is 3. The summed E-state index contributed by atoms with van der Waals surface area (Å²) in [6, 6.07) is 4.70. The maximum absolute atomic E-state index is 13.1. The second-order valence-electron chi connectivity index (χ2n) is 11.5. The number of pyridine rings is 1. The number of hydrogen-bond donors (Lipinski definition) is 3. The molecule has 1 aromatic carbocycles. The van der Waals surface area contributed by atoms with E-state index in [2.05, 4.69) is 46.4 Å². The first-order chi connectivity index (χ1) is 18.9. The third-order valence-electron chi connectivity index (χ3n) is 8.08. The zero-order valence-corrected chi connectivity index (χ0v) is 26.1. The Morgan fingerprint density at radius 2 is 1.68 bits per heavy atom. The molecular formula is C33H48F3NO2S. The van der Waals surface area contributed by atoms with E-state index in [1.165, 1.54) is 25.0 Å². The van der Waals surface area contributed by atoms with Crippen LogP contribution in [0.5, 0.6) is 0 Å². The summed E-state index contributed by atoms with van der Waals surface area (Å²) in [5.41, 5.74) is 4.61. The van der Waals surface area contributed by atoms with Crippen LogP contribution < -0.4 is 0 Å². The first kappa shape index (κ1) is 34.4. The van der Waals surface area contributed by atoms with Gasteiger partial charge in [0, 0.05) is 22.5 Å². The van der Waals surface area contributed by atoms with Gasteiger partial charge in [-0.2, -0.15) is 25.8 Å². The second-order valence-corrected chi connectivity index (χ2v) is 11.5. The molecule has 0 radical (unpaired) electrons. The number of fused-ring (bicyclic) bond motifs is 1. The molecule has 1 aromatic heterocycles. The minimum absolute atomic E-state index is 0.00268. The van der Waals surface area contributed by atoms with Gasteiger partial charge < -0.3 is 10.2 Å². The highest BCUT2D eigenvalue weighted by molar-refractivity contribution is 7.79. The molecule has 0 bridgehead atoms. The molecule has 1 heterocycles. The summed E-state index contributed by atoms with van der Waals surface area (Å²) in [6.45, 7) is 12.7. The van der Waals surface area contributed by atoms with Crippen molar-refractivity contribution in [2.45, 2.75) is 117 Å². The number of aliphatic hydroxyl groups excluding tert-OH is 2. The Balaban J connectivity index is 0.000000858. The number of halogens is 3. The number of aliphatic hydroxyl groups is 2. The van der Waals surface area contributed by atoms with E-state index in [0.29, 0.717) is 17.5 Å². The Hall–Kier alpha value is -1.83. The fourth-order valence-corrected chi connectivity index (χ4v) is 5.47. The van der Waals surface area contributed by atoms with Crippen molar-refractivity contribution in [2.24, 2.45) is 5.41 Å². The van der Waals surface area contributed by atoms with Gasteiger partial charge in [0.2, 0.25) is 0 Å². The Bertz CT molecular complexity index is 1130. The van der Waals surface area contributed by atoms with Crippen LogP contribution in [0.2, 0.25) is 0 Å². The Labute approximate surface area is 244 Å². The molecule has 0 aliphatic heterocycles. The maximum atomic E-state index is 13.1. The van der Waals surface area contributed by atoms with Gasteiger partial charge in [-0.15, -0.1) is 0 Å². The van der Waals surface area contributed by atoms with E-state index < -0.39 is 23.9 Å². The lowest BCUT2D eigenvalue weighted by Gasteiger charge is -2.39. The highest BCUT2D eigenvalue weighted by Gasteiger charge is 2.39. The Morgan fingerprint density at radius 3 is 2.12 bits per heavy atom. The molecule has 224 valence electrons. The highest BCUT2D eigenvalue weighted by atomic mass is 32.1. The van der Waals surface area contributed by atoms with Crippen molar-refractivity contribution in [2.75, 3.05) is 6.26 Å². The molecule has 4 rings (SSSR count). The summed E-state index contributed by atoms with van der Waals surface area (Å²) in [4.78, 5) is 5.01. The number of hydrogen-bond acceptors (Lipinski definition) is 4. The van der Waals surface area contributed by atoms with Crippen LogP contribution in [0.15, 0.2) is 30.3 Å². The molecule has 2 aromatic rings. The number of rotatable bonds is 6. The monoisotopic (exact) mass is 579 g/mol. The highest BCUT2D eigenvalue weighted by Crippen LogP contribution is 2.49. The zero-order valence-electron chi connectivity index (χ0n) is 25.2. The smallest absolute Gasteiger partial charge is 0.388 e. The van der Waals surface area contributed by atoms with Gasteiger partial charge in [0.1, 0.15) is 6.10 Å². The molecule has 2 aliphatic rings. The average molecular weight is 580 g/mol. The zero-order chi connectivity index (χ0) is 30.3. The van der Waals surface area contributed by atoms with Crippen LogP contribution in [0.1, 0.15) is 144 Å². The van der Waals surface area contributed by atoms with Gasteiger partial charge in [-0.3, -0.25) is 4.98 Å². The number of unbranched alkanes of at least 4 members (excludes halogenated alkanes) is 1. The van der Waals surface area contributed by atoms with E-state index in [4.69, 9.17) is 4.98 Å². The Kier molecular flexibility index (Phi) is 12.8. The predicted molar refractivity (Wildman–Crippen MR) is 163 cm³/mol. The van der Waals surface area contributed by atoms with E-state index in [1.807, 2.05) is 13.8 Å². The minimum atomic E-state index is -4.43. The second kappa shape index (κ2) is 14.9. The van der Waals surface area contributed by atoms with Gasteiger partial charge in [-0.25, -0.2) is 0 Å². The van der Waals surface area contributed by atoms with Crippen LogP contribution in [0.25, 0.3) is 5.57 Å². The summed E-state index contributed by atoms with van der Waals surface area (Å²) in [5.74, 6) is -0.00268. The lowest BCUT2D eigenvalue weighted by Crippen LogP contribution is -2.31. The third kappa shape index (κ3) is 7.92. The van der Waals surface area contributed by atoms with Gasteiger partial charge in [-0.05, 0) is 78.5 Å². The normalized spacial score (nSPS) is 21.1. The number of allylic oxidation sites excluding steroid dienone is 2. The number of thiol groups is 1. The summed E-state index contributed by atoms with van der Waals surface area (Å²) in [5, 5.41) is 22.9. The molecular weight excluding hydrogens is 531 g/mol. The molecule has 3 nitrogen and oxygen atoms in total. The third-order valence-corrected chi connectivity index (χ3v) is 8.08. The molecule has 3 atom stereocenters. The molecule has 0 saturated heterocycles. The largest absolute Gasteiger partial charge is 0.416 e. The average Bonchev–Trinajstić information content (AvgIpc) is 3.47. The van der Waals surface area contributed by atoms with Crippen LogP contribution in [0.3, 0.4) is 0 Å². The fourth-order valence-electron chi connectivity index (χ4n) is 5.47. The first-order valence-electron chi connectivity index (χ1n) is 14.6. The summed E-state index contributed by atoms with van der Waals surface area (Å²) in [7, 11) is 0. The first-order valence-corrected chi connectivity index (χ1v) is 15.5. The molecule has 0 amide bonds. The van der Waals surface area contributed by atoms with Crippen molar-refractivity contribution in [3.63, 3.8) is 0 Å². The van der Waals surface area contributed by atoms with Crippen molar-refractivity contribution < 1.29 is 23.4 Å². The van der Waals surface area contributed by atoms with Crippen molar-refractivity contribution >= 4 is 18.2 Å². The standard InChI is InChI=1S/C28H34F3NO2.C4H10.CH4S/c1-5-27(4)14-20-23(21(33)15-27)22(17-8-6-7-9-17)24(25(32-20)16(2)3)26(34)18-10-12-19(13-11-18)28(29,30)31;1-3-4-2;1-2/h8,10-13,16,21,26,33-34H,5-7,9,14-15H2,1-4H3;3-4H2,1-2H3;2H,1H3. The SMILES string of the molecule is CCC1(C)Cc2nc(C(C)C)c(C(O)c3ccc(C(F)(F)F)cc3)c(C3=CCCC3)c2C(O)C1.CCCC.CS. The van der Waals surface area contributed by atoms with Crippen LogP contribution in [0, 0.1) is 5.41 Å². The van der Waals surface area contributed by atoms with Crippen LogP contribution in [-0.2, 0) is 12.6 Å². The summed E-state index contributed by atoms with van der Waals surface area (Å²) >= 11 is 3.53. The van der Waals surface area contributed by atoms with Crippen molar-refractivity contribution in [1.29, 1.82) is 0 Å². The van der Waals surface area contributed by atoms with Crippen molar-refractivity contribution in [3.05, 3.63) is 69.5 Å². The summed E-state index contributed by atoms with van der Waals surface area (Å²) < 4.78 is 39.3. The van der Waals surface area contributed by atoms with E-state index in [1.54, 1.807) is 6.26 Å². The molecule has 3 unspecified atom stereocenters. The molecule has 2 aliphatic carbocycles. The lowest BCUT2D eigenvalue weighted by atomic mass is 9.69. The number of benzene rings is 1. The molecule has 7 heteroatoms. The Morgan fingerprint density at radius 1 is 1.07 bits per heavy atom. The van der Waals surface area contributed by atoms with Gasteiger partial charge >= 0.3 is 6.18 Å². The quantitative estimate of drug-likeness (QED) is 0.299. The van der Waals surface area contributed by atoms with Crippen LogP contribution >= 0.6 is 12.6 Å². The van der Waals surface area contributed by atoms with Crippen molar-refractivity contribution in [1.82, 2.24) is 4.98 Å². The van der Waals surface area contributed by atoms with E-state index in [-0.39, 0.29) is 11.3 Å². The molecule has 0 fully saturated rings. The fraction of sp³-hybridized carbons (Fsp3) is 0.606. The van der Waals surface area contributed by atoms with Gasteiger partial charge in [0.05, 0.1) is 11.7 Å². The van der Waals surface area contributed by atoms with E-state index in [0.717, 1.165) is 72.3 Å². The lowest BCUT2D eigenvalue weighted by molar-refractivity contribution is -0.137. The minimum Gasteiger partial charge on any atom is -0.388 e. The van der Waals surface area contributed by atoms with Crippen molar-refractivity contribution in [3.8, 4) is 0 Å². The summed E-state index contributed by atoms with van der Waals surface area (Å²) in [6.07, 6.45) is 5.32. The molecule has 40 heavy (non-hydrogen) atoms. The molecule has 0 spiro atoms. The molecule has 0 saturated carbocycles. The maximum Gasteiger partial charge on any atom is 0.416 e. The van der Waals surface area contributed by atoms with Gasteiger partial charge in [0.15, 0.2) is 0 Å². The molecule has 2 N–H and O–H groups in total. The van der Waals surface area contributed by atoms with Gasteiger partial charge in [-0.1, -0.05) is 79.0 Å².